The van der Waals surface area contributed by atoms with Crippen molar-refractivity contribution in [1.29, 1.82) is 5.26 Å². The van der Waals surface area contributed by atoms with Crippen molar-refractivity contribution in [2.45, 2.75) is 44.8 Å². The topological polar surface area (TPSA) is 110 Å². The molecule has 0 aliphatic heterocycles. The molecule has 2 aromatic heterocycles. The second-order valence-corrected chi connectivity index (χ2v) is 11.0. The number of aryl methyl sites for hydroxylation is 2. The molecule has 0 unspecified atom stereocenters. The highest BCUT2D eigenvalue weighted by atomic mass is 127. The molecule has 3 aromatic rings. The Morgan fingerprint density at radius 2 is 2.06 bits per heavy atom. The van der Waals surface area contributed by atoms with Crippen molar-refractivity contribution in [3.05, 3.63) is 67.9 Å². The Labute approximate surface area is 232 Å². The van der Waals surface area contributed by atoms with E-state index in [0.29, 0.717) is 27.7 Å². The van der Waals surface area contributed by atoms with Crippen molar-refractivity contribution in [3.63, 3.8) is 0 Å². The minimum Gasteiger partial charge on any atom is -0.462 e. The number of thioether (sulfide) groups is 1. The molecule has 0 bridgehead atoms. The third-order valence-electron chi connectivity index (χ3n) is 5.19. The lowest BCUT2D eigenvalue weighted by Crippen LogP contribution is -2.12. The van der Waals surface area contributed by atoms with E-state index in [4.69, 9.17) is 4.74 Å². The van der Waals surface area contributed by atoms with Gasteiger partial charge in [-0.2, -0.15) is 5.26 Å². The van der Waals surface area contributed by atoms with Gasteiger partial charge in [0.25, 0.3) is 0 Å². The number of rotatable bonds is 12. The zero-order valence-corrected chi connectivity index (χ0v) is 23.8. The molecule has 2 heterocycles. The second-order valence-electron chi connectivity index (χ2n) is 7.66. The highest BCUT2D eigenvalue weighted by Crippen LogP contribution is 2.33. The van der Waals surface area contributed by atoms with Crippen molar-refractivity contribution in [2.24, 2.45) is 0 Å². The number of carbonyl (C=O) groups excluding carboxylic acids is 2. The van der Waals surface area contributed by atoms with Crippen LogP contribution in [0.4, 0.5) is 5.00 Å². The number of allylic oxidation sites excluding steroid dienone is 1. The minimum atomic E-state index is -0.494. The Kier molecular flexibility index (Phi) is 10.5. The molecule has 36 heavy (non-hydrogen) atoms. The van der Waals surface area contributed by atoms with Gasteiger partial charge >= 0.3 is 5.97 Å². The van der Waals surface area contributed by atoms with Gasteiger partial charge in [0.15, 0.2) is 5.16 Å². The van der Waals surface area contributed by atoms with Gasteiger partial charge in [0.1, 0.15) is 21.8 Å². The number of esters is 1. The van der Waals surface area contributed by atoms with Crippen LogP contribution in [0.3, 0.4) is 0 Å². The molecule has 1 N–H and O–H groups in total. The standard InChI is InChI=1S/C25H26IN5O3S2/c1-4-13-31-20(11-8-17-6-9-18(26)10-7-17)29-30-25(31)35-14-12-21(32)28-23-19(15-27)16(3)22(36-23)24(33)34-5-2/h4,6-7,9-10H,1,5,8,11-14H2,2-3H3,(H,28,32). The number of halogens is 1. The molecule has 0 aliphatic rings. The summed E-state index contributed by atoms with van der Waals surface area (Å²) in [7, 11) is 0. The van der Waals surface area contributed by atoms with Crippen molar-refractivity contribution in [2.75, 3.05) is 17.7 Å². The van der Waals surface area contributed by atoms with Crippen LogP contribution in [0.15, 0.2) is 42.1 Å². The van der Waals surface area contributed by atoms with E-state index in [1.54, 1.807) is 19.9 Å². The monoisotopic (exact) mass is 635 g/mol. The van der Waals surface area contributed by atoms with Crippen molar-refractivity contribution >= 4 is 62.6 Å². The average Bonchev–Trinajstić information content (AvgIpc) is 3.38. The molecule has 0 fully saturated rings. The number of carbonyl (C=O) groups is 2. The fourth-order valence-electron chi connectivity index (χ4n) is 3.38. The summed E-state index contributed by atoms with van der Waals surface area (Å²) in [5, 5.41) is 22.0. The summed E-state index contributed by atoms with van der Waals surface area (Å²) in [4.78, 5) is 25.0. The van der Waals surface area contributed by atoms with Gasteiger partial charge in [-0.3, -0.25) is 4.79 Å². The number of anilines is 1. The van der Waals surface area contributed by atoms with E-state index < -0.39 is 5.97 Å². The fourth-order valence-corrected chi connectivity index (χ4v) is 5.71. The average molecular weight is 636 g/mol. The van der Waals surface area contributed by atoms with Crippen LogP contribution in [0.5, 0.6) is 0 Å². The predicted octanol–water partition coefficient (Wildman–Crippen LogP) is 5.39. The lowest BCUT2D eigenvalue weighted by atomic mass is 10.1. The predicted molar refractivity (Wildman–Crippen MR) is 150 cm³/mol. The summed E-state index contributed by atoms with van der Waals surface area (Å²) in [5.74, 6) is 0.616. The maximum Gasteiger partial charge on any atom is 0.348 e. The lowest BCUT2D eigenvalue weighted by molar-refractivity contribution is -0.115. The first-order chi connectivity index (χ1) is 17.4. The van der Waals surface area contributed by atoms with Crippen LogP contribution in [-0.2, 0) is 28.9 Å². The van der Waals surface area contributed by atoms with Crippen molar-refractivity contribution in [1.82, 2.24) is 14.8 Å². The van der Waals surface area contributed by atoms with E-state index in [-0.39, 0.29) is 24.5 Å². The van der Waals surface area contributed by atoms with Gasteiger partial charge in [0.2, 0.25) is 5.91 Å². The van der Waals surface area contributed by atoms with Gasteiger partial charge in [-0.25, -0.2) is 4.79 Å². The first kappa shape index (κ1) is 27.9. The molecular formula is C25H26IN5O3S2. The highest BCUT2D eigenvalue weighted by molar-refractivity contribution is 14.1. The number of nitriles is 1. The first-order valence-electron chi connectivity index (χ1n) is 11.3. The molecule has 0 radical (unpaired) electrons. The Morgan fingerprint density at radius 1 is 1.31 bits per heavy atom. The van der Waals surface area contributed by atoms with Gasteiger partial charge in [0, 0.05) is 28.7 Å². The van der Waals surface area contributed by atoms with Crippen LogP contribution in [0, 0.1) is 21.8 Å². The van der Waals surface area contributed by atoms with Crippen LogP contribution < -0.4 is 5.32 Å². The molecule has 3 rings (SSSR count). The van der Waals surface area contributed by atoms with Gasteiger partial charge in [-0.1, -0.05) is 30.0 Å². The van der Waals surface area contributed by atoms with Gasteiger partial charge in [0.05, 0.1) is 12.2 Å². The molecule has 188 valence electrons. The number of hydrogen-bond donors (Lipinski definition) is 1. The van der Waals surface area contributed by atoms with Crippen LogP contribution in [-0.4, -0.2) is 39.0 Å². The van der Waals surface area contributed by atoms with Crippen LogP contribution in [0.1, 0.15) is 45.5 Å². The Balaban J connectivity index is 1.59. The SMILES string of the molecule is C=CCn1c(CCc2ccc(I)cc2)nnc1SCCC(=O)Nc1sc(C(=O)OCC)c(C)c1C#N. The maximum absolute atomic E-state index is 12.6. The number of aromatic nitrogens is 3. The summed E-state index contributed by atoms with van der Waals surface area (Å²) in [6.07, 6.45) is 3.62. The first-order valence-corrected chi connectivity index (χ1v) is 14.2. The van der Waals surface area contributed by atoms with E-state index in [0.717, 1.165) is 35.2 Å². The molecule has 0 aliphatic carbocycles. The van der Waals surface area contributed by atoms with Gasteiger partial charge in [-0.05, 0) is 66.1 Å². The summed E-state index contributed by atoms with van der Waals surface area (Å²) in [6, 6.07) is 10.5. The lowest BCUT2D eigenvalue weighted by Gasteiger charge is -2.08. The van der Waals surface area contributed by atoms with Gasteiger partial charge in [-0.15, -0.1) is 28.1 Å². The molecular weight excluding hydrogens is 609 g/mol. The number of benzene rings is 1. The summed E-state index contributed by atoms with van der Waals surface area (Å²) < 4.78 is 8.26. The van der Waals surface area contributed by atoms with E-state index in [2.05, 4.69) is 75.0 Å². The van der Waals surface area contributed by atoms with Crippen LogP contribution >= 0.6 is 45.7 Å². The molecule has 11 heteroatoms. The van der Waals surface area contributed by atoms with E-state index in [1.807, 2.05) is 4.57 Å². The van der Waals surface area contributed by atoms with Gasteiger partial charge < -0.3 is 14.6 Å². The second kappa shape index (κ2) is 13.6. The largest absolute Gasteiger partial charge is 0.462 e. The maximum atomic E-state index is 12.6. The molecule has 0 atom stereocenters. The smallest absolute Gasteiger partial charge is 0.348 e. The molecule has 0 saturated heterocycles. The van der Waals surface area contributed by atoms with Crippen molar-refractivity contribution < 1.29 is 14.3 Å². The Morgan fingerprint density at radius 3 is 2.72 bits per heavy atom. The molecule has 0 spiro atoms. The molecule has 0 saturated carbocycles. The normalized spacial score (nSPS) is 10.6. The summed E-state index contributed by atoms with van der Waals surface area (Å²) >= 11 is 4.79. The Bertz CT molecular complexity index is 1280. The fraction of sp³-hybridized carbons (Fsp3) is 0.320. The van der Waals surface area contributed by atoms with Crippen LogP contribution in [0.25, 0.3) is 0 Å². The summed E-state index contributed by atoms with van der Waals surface area (Å²) in [5.41, 5.74) is 2.04. The van der Waals surface area contributed by atoms with E-state index >= 15 is 0 Å². The molecule has 8 nitrogen and oxygen atoms in total. The minimum absolute atomic E-state index is 0.208. The molecule has 1 amide bonds. The quantitative estimate of drug-likeness (QED) is 0.123. The number of ether oxygens (including phenoxy) is 1. The zero-order valence-electron chi connectivity index (χ0n) is 20.0. The van der Waals surface area contributed by atoms with Crippen LogP contribution in [0.2, 0.25) is 0 Å². The van der Waals surface area contributed by atoms with Crippen molar-refractivity contribution in [3.8, 4) is 6.07 Å². The van der Waals surface area contributed by atoms with E-state index in [1.165, 1.54) is 20.9 Å². The number of nitrogens with zero attached hydrogens (tertiary/aromatic N) is 4. The van der Waals surface area contributed by atoms with E-state index in [9.17, 15) is 14.9 Å². The molecule has 1 aromatic carbocycles. The number of nitrogens with one attached hydrogen (secondary N) is 1. The number of amides is 1. The third kappa shape index (κ3) is 7.18. The zero-order chi connectivity index (χ0) is 26.1. The summed E-state index contributed by atoms with van der Waals surface area (Å²) in [6.45, 7) is 8.06. The Hall–Kier alpha value is -2.69. The number of hydrogen-bond acceptors (Lipinski definition) is 8. The highest BCUT2D eigenvalue weighted by Gasteiger charge is 2.22. The third-order valence-corrected chi connectivity index (χ3v) is 8.06. The number of thiophene rings is 1.